The van der Waals surface area contributed by atoms with Crippen LogP contribution < -0.4 is 0 Å². The Labute approximate surface area is 125 Å². The zero-order valence-corrected chi connectivity index (χ0v) is 13.4. The Morgan fingerprint density at radius 2 is 2.20 bits per heavy atom. The minimum absolute atomic E-state index is 0.0441. The normalized spacial score (nSPS) is 38.1. The van der Waals surface area contributed by atoms with E-state index in [4.69, 9.17) is 9.47 Å². The van der Waals surface area contributed by atoms with Crippen LogP contribution in [-0.4, -0.2) is 34.7 Å². The number of carbonyl (C=O) groups excluding carboxylic acids is 1. The zero-order chi connectivity index (χ0) is 14.7. The fourth-order valence-corrected chi connectivity index (χ4v) is 4.07. The molecule has 116 valence electrons. The number of hydrogen-bond acceptors (Lipinski definition) is 5. The van der Waals surface area contributed by atoms with Gasteiger partial charge in [-0.05, 0) is 30.6 Å². The van der Waals surface area contributed by atoms with Crippen molar-refractivity contribution in [2.75, 3.05) is 5.75 Å². The highest BCUT2D eigenvalue weighted by molar-refractivity contribution is 8.00. The third-order valence-corrected chi connectivity index (χ3v) is 5.44. The summed E-state index contributed by atoms with van der Waals surface area (Å²) in [4.78, 5) is 12.1. The van der Waals surface area contributed by atoms with Gasteiger partial charge in [0.25, 0.3) is 0 Å². The van der Waals surface area contributed by atoms with E-state index in [1.165, 1.54) is 18.2 Å². The molecule has 0 radical (unpaired) electrons. The van der Waals surface area contributed by atoms with Gasteiger partial charge in [-0.2, -0.15) is 0 Å². The van der Waals surface area contributed by atoms with Crippen LogP contribution in [0.1, 0.15) is 46.5 Å². The average Bonchev–Trinajstić information content (AvgIpc) is 2.74. The van der Waals surface area contributed by atoms with Crippen molar-refractivity contribution in [1.29, 1.82) is 0 Å². The summed E-state index contributed by atoms with van der Waals surface area (Å²) in [6.45, 7) is 6.63. The zero-order valence-electron chi connectivity index (χ0n) is 12.6. The fraction of sp³-hybridized carbons (Fsp3) is 0.933. The van der Waals surface area contributed by atoms with Crippen molar-refractivity contribution in [2.45, 2.75) is 64.3 Å². The Morgan fingerprint density at radius 3 is 2.80 bits per heavy atom. The SMILES string of the molecule is CC1CCC(C(C)C)C(OC(=O)CC2OC(O)CS2)C1. The molecule has 1 aliphatic carbocycles. The Bertz CT molecular complexity index is 334. The van der Waals surface area contributed by atoms with Gasteiger partial charge in [0.2, 0.25) is 0 Å². The minimum Gasteiger partial charge on any atom is -0.462 e. The van der Waals surface area contributed by atoms with E-state index in [-0.39, 0.29) is 23.9 Å². The van der Waals surface area contributed by atoms with Crippen LogP contribution in [0, 0.1) is 17.8 Å². The van der Waals surface area contributed by atoms with Gasteiger partial charge < -0.3 is 14.6 Å². The molecular formula is C15H26O4S. The molecule has 1 saturated heterocycles. The van der Waals surface area contributed by atoms with Crippen LogP contribution in [0.3, 0.4) is 0 Å². The van der Waals surface area contributed by atoms with Gasteiger partial charge in [0.05, 0.1) is 6.42 Å². The van der Waals surface area contributed by atoms with E-state index in [1.807, 2.05) is 0 Å². The second-order valence-electron chi connectivity index (χ2n) is 6.41. The number of aliphatic hydroxyl groups is 1. The van der Waals surface area contributed by atoms with Crippen LogP contribution in [0.25, 0.3) is 0 Å². The van der Waals surface area contributed by atoms with Crippen LogP contribution in [-0.2, 0) is 14.3 Å². The van der Waals surface area contributed by atoms with E-state index >= 15 is 0 Å². The van der Waals surface area contributed by atoms with Gasteiger partial charge in [0.1, 0.15) is 11.5 Å². The first kappa shape index (κ1) is 16.1. The highest BCUT2D eigenvalue weighted by Gasteiger charge is 2.34. The predicted octanol–water partition coefficient (Wildman–Crippen LogP) is 2.79. The van der Waals surface area contributed by atoms with Gasteiger partial charge in [-0.15, -0.1) is 11.8 Å². The molecule has 20 heavy (non-hydrogen) atoms. The molecule has 1 saturated carbocycles. The lowest BCUT2D eigenvalue weighted by atomic mass is 9.75. The Kier molecular flexibility index (Phi) is 5.75. The molecule has 0 bridgehead atoms. The maximum absolute atomic E-state index is 12.1. The van der Waals surface area contributed by atoms with Gasteiger partial charge in [0, 0.05) is 5.75 Å². The largest absolute Gasteiger partial charge is 0.462 e. The molecule has 2 rings (SSSR count). The first-order valence-electron chi connectivity index (χ1n) is 7.60. The van der Waals surface area contributed by atoms with E-state index in [1.54, 1.807) is 0 Å². The van der Waals surface area contributed by atoms with Crippen LogP contribution in [0.5, 0.6) is 0 Å². The van der Waals surface area contributed by atoms with Crippen molar-refractivity contribution >= 4 is 17.7 Å². The lowest BCUT2D eigenvalue weighted by molar-refractivity contribution is -0.159. The molecule has 2 fully saturated rings. The van der Waals surface area contributed by atoms with Crippen molar-refractivity contribution in [3.8, 4) is 0 Å². The fourth-order valence-electron chi connectivity index (χ4n) is 3.15. The molecule has 0 aromatic rings. The molecule has 0 aromatic heterocycles. The van der Waals surface area contributed by atoms with E-state index in [2.05, 4.69) is 20.8 Å². The van der Waals surface area contributed by atoms with Crippen LogP contribution in [0.4, 0.5) is 0 Å². The molecule has 1 aliphatic heterocycles. The molecule has 5 unspecified atom stereocenters. The van der Waals surface area contributed by atoms with Gasteiger partial charge >= 0.3 is 5.97 Å². The van der Waals surface area contributed by atoms with E-state index < -0.39 is 6.29 Å². The highest BCUT2D eigenvalue weighted by Crippen LogP contribution is 2.36. The standard InChI is InChI=1S/C15H26O4S/c1-9(2)11-5-4-10(3)6-12(11)18-13(16)7-15-19-14(17)8-20-15/h9-12,14-15,17H,4-8H2,1-3H3. The lowest BCUT2D eigenvalue weighted by Gasteiger charge is -2.36. The maximum atomic E-state index is 12.1. The quantitative estimate of drug-likeness (QED) is 0.809. The summed E-state index contributed by atoms with van der Waals surface area (Å²) in [7, 11) is 0. The number of esters is 1. The first-order chi connectivity index (χ1) is 9.45. The van der Waals surface area contributed by atoms with Gasteiger partial charge in [0.15, 0.2) is 6.29 Å². The second-order valence-corrected chi connectivity index (χ2v) is 7.60. The van der Waals surface area contributed by atoms with Crippen molar-refractivity contribution in [2.24, 2.45) is 17.8 Å². The molecule has 4 nitrogen and oxygen atoms in total. The molecule has 5 atom stereocenters. The summed E-state index contributed by atoms with van der Waals surface area (Å²) >= 11 is 1.48. The topological polar surface area (TPSA) is 55.8 Å². The number of aliphatic hydroxyl groups excluding tert-OH is 1. The predicted molar refractivity (Wildman–Crippen MR) is 79.2 cm³/mol. The average molecular weight is 302 g/mol. The summed E-state index contributed by atoms with van der Waals surface area (Å²) in [6, 6.07) is 0. The molecule has 5 heteroatoms. The molecule has 0 amide bonds. The first-order valence-corrected chi connectivity index (χ1v) is 8.65. The van der Waals surface area contributed by atoms with Crippen LogP contribution >= 0.6 is 11.8 Å². The van der Waals surface area contributed by atoms with Crippen LogP contribution in [0.2, 0.25) is 0 Å². The van der Waals surface area contributed by atoms with Crippen molar-refractivity contribution in [3.05, 3.63) is 0 Å². The third-order valence-electron chi connectivity index (χ3n) is 4.31. The summed E-state index contributed by atoms with van der Waals surface area (Å²) in [5.41, 5.74) is -0.254. The lowest BCUT2D eigenvalue weighted by Crippen LogP contribution is -2.36. The molecule has 1 heterocycles. The van der Waals surface area contributed by atoms with Crippen molar-refractivity contribution < 1.29 is 19.4 Å². The van der Waals surface area contributed by atoms with E-state index in [0.29, 0.717) is 23.5 Å². The van der Waals surface area contributed by atoms with Crippen molar-refractivity contribution in [1.82, 2.24) is 0 Å². The second kappa shape index (κ2) is 7.14. The summed E-state index contributed by atoms with van der Waals surface area (Å²) in [5.74, 6) is 1.98. The molecule has 0 aromatic carbocycles. The molecule has 2 aliphatic rings. The highest BCUT2D eigenvalue weighted by atomic mass is 32.2. The molecule has 1 N–H and O–H groups in total. The smallest absolute Gasteiger partial charge is 0.309 e. The molecular weight excluding hydrogens is 276 g/mol. The van der Waals surface area contributed by atoms with Gasteiger partial charge in [-0.3, -0.25) is 4.79 Å². The number of carbonyl (C=O) groups is 1. The summed E-state index contributed by atoms with van der Waals surface area (Å²) in [5, 5.41) is 9.29. The summed E-state index contributed by atoms with van der Waals surface area (Å²) in [6.07, 6.45) is 2.88. The van der Waals surface area contributed by atoms with E-state index in [9.17, 15) is 9.90 Å². The minimum atomic E-state index is -0.740. The number of rotatable bonds is 4. The number of hydrogen-bond donors (Lipinski definition) is 1. The number of thioether (sulfide) groups is 1. The Hall–Kier alpha value is -0.260. The maximum Gasteiger partial charge on any atom is 0.309 e. The van der Waals surface area contributed by atoms with E-state index in [0.717, 1.165) is 12.8 Å². The third kappa shape index (κ3) is 4.37. The Balaban J connectivity index is 1.84. The summed E-state index contributed by atoms with van der Waals surface area (Å²) < 4.78 is 11.0. The monoisotopic (exact) mass is 302 g/mol. The van der Waals surface area contributed by atoms with Crippen molar-refractivity contribution in [3.63, 3.8) is 0 Å². The van der Waals surface area contributed by atoms with Gasteiger partial charge in [-0.25, -0.2) is 0 Å². The number of ether oxygens (including phenoxy) is 2. The van der Waals surface area contributed by atoms with Crippen LogP contribution in [0.15, 0.2) is 0 Å². The molecule has 0 spiro atoms. The van der Waals surface area contributed by atoms with Gasteiger partial charge in [-0.1, -0.05) is 27.2 Å². The Morgan fingerprint density at radius 1 is 1.45 bits per heavy atom.